The van der Waals surface area contributed by atoms with E-state index in [-0.39, 0.29) is 5.82 Å². The summed E-state index contributed by atoms with van der Waals surface area (Å²) >= 11 is 6.36. The summed E-state index contributed by atoms with van der Waals surface area (Å²) in [6.07, 6.45) is 2.51. The molecule has 2 aromatic rings. The largest absolute Gasteiger partial charge is 0.310 e. The third-order valence-corrected chi connectivity index (χ3v) is 4.28. The predicted molar refractivity (Wildman–Crippen MR) is 86.2 cm³/mol. The molecule has 0 radical (unpaired) electrons. The molecule has 3 heteroatoms. The van der Waals surface area contributed by atoms with E-state index in [0.717, 1.165) is 28.8 Å². The van der Waals surface area contributed by atoms with Crippen molar-refractivity contribution in [3.8, 4) is 11.1 Å². The van der Waals surface area contributed by atoms with Gasteiger partial charge in [-0.25, -0.2) is 4.39 Å². The predicted octanol–water partition coefficient (Wildman–Crippen LogP) is 5.01. The average molecular weight is 304 g/mol. The van der Waals surface area contributed by atoms with Crippen LogP contribution >= 0.6 is 11.6 Å². The third-order valence-electron chi connectivity index (χ3n) is 3.93. The van der Waals surface area contributed by atoms with Crippen LogP contribution in [0.15, 0.2) is 30.3 Å². The molecule has 0 amide bonds. The Balaban J connectivity index is 1.90. The summed E-state index contributed by atoms with van der Waals surface area (Å²) < 4.78 is 14.2. The minimum atomic E-state index is -0.188. The van der Waals surface area contributed by atoms with E-state index in [0.29, 0.717) is 16.6 Å². The zero-order valence-electron chi connectivity index (χ0n) is 12.3. The van der Waals surface area contributed by atoms with E-state index >= 15 is 0 Å². The second kappa shape index (κ2) is 5.78. The maximum atomic E-state index is 14.2. The van der Waals surface area contributed by atoms with Crippen LogP contribution in [0.5, 0.6) is 0 Å². The van der Waals surface area contributed by atoms with Crippen molar-refractivity contribution in [3.63, 3.8) is 0 Å². The zero-order chi connectivity index (χ0) is 15.0. The molecule has 3 rings (SSSR count). The molecular formula is C18H19ClFN. The molecular weight excluding hydrogens is 285 g/mol. The van der Waals surface area contributed by atoms with Crippen molar-refractivity contribution in [2.45, 2.75) is 39.3 Å². The molecule has 1 fully saturated rings. The van der Waals surface area contributed by atoms with Crippen LogP contribution in [0.3, 0.4) is 0 Å². The minimum absolute atomic E-state index is 0.188. The van der Waals surface area contributed by atoms with Crippen LogP contribution in [0.2, 0.25) is 5.02 Å². The van der Waals surface area contributed by atoms with Gasteiger partial charge in [0.1, 0.15) is 5.82 Å². The molecule has 0 heterocycles. The minimum Gasteiger partial charge on any atom is -0.310 e. The highest BCUT2D eigenvalue weighted by Gasteiger charge is 2.20. The molecule has 0 spiro atoms. The smallest absolute Gasteiger partial charge is 0.131 e. The number of rotatable bonds is 4. The van der Waals surface area contributed by atoms with Gasteiger partial charge in [0.2, 0.25) is 0 Å². The first kappa shape index (κ1) is 14.6. The first-order valence-electron chi connectivity index (χ1n) is 7.33. The van der Waals surface area contributed by atoms with Crippen LogP contribution in [-0.4, -0.2) is 6.04 Å². The van der Waals surface area contributed by atoms with Crippen LogP contribution < -0.4 is 5.32 Å². The molecule has 1 saturated carbocycles. The zero-order valence-corrected chi connectivity index (χ0v) is 13.1. The van der Waals surface area contributed by atoms with E-state index in [1.165, 1.54) is 12.8 Å². The van der Waals surface area contributed by atoms with Crippen LogP contribution in [0.1, 0.15) is 29.5 Å². The Morgan fingerprint density at radius 3 is 2.57 bits per heavy atom. The molecule has 1 aliphatic carbocycles. The topological polar surface area (TPSA) is 12.0 Å². The fourth-order valence-electron chi connectivity index (χ4n) is 2.67. The second-order valence-corrected chi connectivity index (χ2v) is 6.31. The van der Waals surface area contributed by atoms with Gasteiger partial charge in [0.05, 0.1) is 0 Å². The van der Waals surface area contributed by atoms with Crippen molar-refractivity contribution < 1.29 is 4.39 Å². The van der Waals surface area contributed by atoms with Gasteiger partial charge >= 0.3 is 0 Å². The van der Waals surface area contributed by atoms with Crippen molar-refractivity contribution >= 4 is 11.6 Å². The number of nitrogens with one attached hydrogen (secondary N) is 1. The van der Waals surface area contributed by atoms with E-state index in [4.69, 9.17) is 11.6 Å². The van der Waals surface area contributed by atoms with Crippen LogP contribution in [0, 0.1) is 19.7 Å². The normalized spacial score (nSPS) is 14.5. The molecule has 2 aromatic carbocycles. The Bertz CT molecular complexity index is 654. The first-order chi connectivity index (χ1) is 10.0. The van der Waals surface area contributed by atoms with Gasteiger partial charge in [-0.05, 0) is 61.1 Å². The summed E-state index contributed by atoms with van der Waals surface area (Å²) in [5.41, 5.74) is 4.42. The van der Waals surface area contributed by atoms with E-state index < -0.39 is 0 Å². The van der Waals surface area contributed by atoms with E-state index in [1.54, 1.807) is 6.07 Å². The van der Waals surface area contributed by atoms with Gasteiger partial charge in [0.15, 0.2) is 0 Å². The third kappa shape index (κ3) is 3.28. The van der Waals surface area contributed by atoms with Gasteiger partial charge in [0.25, 0.3) is 0 Å². The molecule has 0 aromatic heterocycles. The summed E-state index contributed by atoms with van der Waals surface area (Å²) in [5, 5.41) is 4.14. The highest BCUT2D eigenvalue weighted by molar-refractivity contribution is 6.31. The molecule has 21 heavy (non-hydrogen) atoms. The number of hydrogen-bond donors (Lipinski definition) is 1. The lowest BCUT2D eigenvalue weighted by molar-refractivity contribution is 0.629. The van der Waals surface area contributed by atoms with E-state index in [9.17, 15) is 4.39 Å². The van der Waals surface area contributed by atoms with Crippen molar-refractivity contribution in [1.29, 1.82) is 0 Å². The molecule has 0 bridgehead atoms. The van der Waals surface area contributed by atoms with Gasteiger partial charge in [-0.3, -0.25) is 0 Å². The molecule has 110 valence electrons. The Morgan fingerprint density at radius 2 is 1.95 bits per heavy atom. The van der Waals surface area contributed by atoms with Crippen molar-refractivity contribution in [1.82, 2.24) is 5.32 Å². The van der Waals surface area contributed by atoms with Crippen LogP contribution in [-0.2, 0) is 6.54 Å². The maximum Gasteiger partial charge on any atom is 0.131 e. The van der Waals surface area contributed by atoms with Gasteiger partial charge in [-0.2, -0.15) is 0 Å². The molecule has 0 saturated heterocycles. The monoisotopic (exact) mass is 303 g/mol. The Labute approximate surface area is 130 Å². The molecule has 1 N–H and O–H groups in total. The summed E-state index contributed by atoms with van der Waals surface area (Å²) in [5.74, 6) is -0.188. The second-order valence-electron chi connectivity index (χ2n) is 5.90. The quantitative estimate of drug-likeness (QED) is 0.836. The van der Waals surface area contributed by atoms with E-state index in [1.807, 2.05) is 38.1 Å². The molecule has 0 unspecified atom stereocenters. The summed E-state index contributed by atoms with van der Waals surface area (Å²) in [6.45, 7) is 4.61. The lowest BCUT2D eigenvalue weighted by Crippen LogP contribution is -2.15. The Morgan fingerprint density at radius 1 is 1.19 bits per heavy atom. The van der Waals surface area contributed by atoms with Crippen LogP contribution in [0.4, 0.5) is 4.39 Å². The van der Waals surface area contributed by atoms with Gasteiger partial charge in [-0.1, -0.05) is 29.8 Å². The highest BCUT2D eigenvalue weighted by Crippen LogP contribution is 2.31. The van der Waals surface area contributed by atoms with E-state index in [2.05, 4.69) is 5.32 Å². The lowest BCUT2D eigenvalue weighted by atomic mass is 9.97. The number of aryl methyl sites for hydroxylation is 2. The Kier molecular flexibility index (Phi) is 4.01. The number of hydrogen-bond acceptors (Lipinski definition) is 1. The van der Waals surface area contributed by atoms with Crippen molar-refractivity contribution in [2.75, 3.05) is 0 Å². The molecule has 1 aliphatic rings. The standard InChI is InChI=1S/C18H19ClFN/c1-11-7-12(2)18(17(20)8-11)13-3-4-14(16(19)9-13)10-21-15-5-6-15/h3-4,7-9,15,21H,5-6,10H2,1-2H3. The summed E-state index contributed by atoms with van der Waals surface area (Å²) in [7, 11) is 0. The highest BCUT2D eigenvalue weighted by atomic mass is 35.5. The molecule has 0 atom stereocenters. The van der Waals surface area contributed by atoms with Crippen LogP contribution in [0.25, 0.3) is 11.1 Å². The van der Waals surface area contributed by atoms with Gasteiger partial charge < -0.3 is 5.32 Å². The van der Waals surface area contributed by atoms with Crippen molar-refractivity contribution in [2.24, 2.45) is 0 Å². The number of benzene rings is 2. The molecule has 0 aliphatic heterocycles. The van der Waals surface area contributed by atoms with Gasteiger partial charge in [0, 0.05) is 23.2 Å². The van der Waals surface area contributed by atoms with Crippen molar-refractivity contribution in [3.05, 3.63) is 57.9 Å². The fraction of sp³-hybridized carbons (Fsp3) is 0.333. The Hall–Kier alpha value is -1.38. The average Bonchev–Trinajstić information content (AvgIpc) is 3.20. The summed E-state index contributed by atoms with van der Waals surface area (Å²) in [6, 6.07) is 10.0. The lowest BCUT2D eigenvalue weighted by Gasteiger charge is -2.12. The number of halogens is 2. The maximum absolute atomic E-state index is 14.2. The first-order valence-corrected chi connectivity index (χ1v) is 7.71. The SMILES string of the molecule is Cc1cc(C)c(-c2ccc(CNC3CC3)c(Cl)c2)c(F)c1. The fourth-order valence-corrected chi connectivity index (χ4v) is 2.92. The van der Waals surface area contributed by atoms with Gasteiger partial charge in [-0.15, -0.1) is 0 Å². The summed E-state index contributed by atoms with van der Waals surface area (Å²) in [4.78, 5) is 0. The molecule has 1 nitrogen and oxygen atoms in total.